The van der Waals surface area contributed by atoms with Crippen LogP contribution < -0.4 is 0 Å². The van der Waals surface area contributed by atoms with Crippen LogP contribution in [0.5, 0.6) is 0 Å². The maximum absolute atomic E-state index is 10.3. The van der Waals surface area contributed by atoms with Crippen LogP contribution in [-0.2, 0) is 17.8 Å². The molecule has 0 amide bonds. The number of benzene rings is 2. The zero-order valence-electron chi connectivity index (χ0n) is 12.2. The van der Waals surface area contributed by atoms with Gasteiger partial charge in [0.15, 0.2) is 0 Å². The molecule has 0 aliphatic rings. The standard InChI is InChI=1S/C19H22O2/c1-2-19(21-15-17-11-7-4-8-12-17)18(20)14-13-16-9-5-3-6-10-16/h2-12,18-20H,1,13-15H2/t18-,19-/m0/s1. The van der Waals surface area contributed by atoms with Crippen LogP contribution in [0.1, 0.15) is 17.5 Å². The smallest absolute Gasteiger partial charge is 0.102 e. The van der Waals surface area contributed by atoms with Crippen molar-refractivity contribution in [2.24, 2.45) is 0 Å². The lowest BCUT2D eigenvalue weighted by atomic mass is 10.0. The Morgan fingerprint density at radius 3 is 2.10 bits per heavy atom. The van der Waals surface area contributed by atoms with Gasteiger partial charge in [0.2, 0.25) is 0 Å². The van der Waals surface area contributed by atoms with Gasteiger partial charge in [0.1, 0.15) is 6.10 Å². The minimum absolute atomic E-state index is 0.339. The maximum atomic E-state index is 10.3. The Kier molecular flexibility index (Phi) is 6.20. The lowest BCUT2D eigenvalue weighted by Gasteiger charge is -2.20. The fraction of sp³-hybridized carbons (Fsp3) is 0.263. The van der Waals surface area contributed by atoms with Gasteiger partial charge in [0.25, 0.3) is 0 Å². The number of rotatable bonds is 8. The molecule has 2 atom stereocenters. The molecule has 0 spiro atoms. The van der Waals surface area contributed by atoms with Gasteiger partial charge in [0, 0.05) is 0 Å². The Hall–Kier alpha value is -1.90. The first-order valence-corrected chi connectivity index (χ1v) is 7.29. The Morgan fingerprint density at radius 1 is 0.952 bits per heavy atom. The molecule has 2 nitrogen and oxygen atoms in total. The summed E-state index contributed by atoms with van der Waals surface area (Å²) in [6.07, 6.45) is 2.30. The van der Waals surface area contributed by atoms with Crippen LogP contribution in [0, 0.1) is 0 Å². The first kappa shape index (κ1) is 15.5. The molecule has 0 saturated carbocycles. The molecule has 0 aliphatic carbocycles. The second-order valence-corrected chi connectivity index (χ2v) is 5.09. The quantitative estimate of drug-likeness (QED) is 0.747. The summed E-state index contributed by atoms with van der Waals surface area (Å²) in [5, 5.41) is 10.3. The van der Waals surface area contributed by atoms with Gasteiger partial charge in [-0.3, -0.25) is 0 Å². The number of aliphatic hydroxyl groups excluding tert-OH is 1. The molecule has 0 radical (unpaired) electrons. The maximum Gasteiger partial charge on any atom is 0.102 e. The van der Waals surface area contributed by atoms with Crippen LogP contribution in [0.15, 0.2) is 73.3 Å². The predicted molar refractivity (Wildman–Crippen MR) is 86.0 cm³/mol. The van der Waals surface area contributed by atoms with E-state index in [1.54, 1.807) is 6.08 Å². The van der Waals surface area contributed by atoms with Crippen molar-refractivity contribution in [2.75, 3.05) is 0 Å². The molecule has 1 N–H and O–H groups in total. The third-order valence-electron chi connectivity index (χ3n) is 3.47. The average Bonchev–Trinajstić information content (AvgIpc) is 2.55. The Bertz CT molecular complexity index is 522. The molecule has 2 aromatic rings. The van der Waals surface area contributed by atoms with Crippen molar-refractivity contribution in [1.29, 1.82) is 0 Å². The predicted octanol–water partition coefficient (Wildman–Crippen LogP) is 3.75. The highest BCUT2D eigenvalue weighted by atomic mass is 16.5. The molecular weight excluding hydrogens is 260 g/mol. The van der Waals surface area contributed by atoms with Crippen LogP contribution in [0.2, 0.25) is 0 Å². The number of ether oxygens (including phenoxy) is 1. The molecule has 2 aromatic carbocycles. The number of hydrogen-bond donors (Lipinski definition) is 1. The minimum atomic E-state index is -0.536. The van der Waals surface area contributed by atoms with Gasteiger partial charge in [-0.2, -0.15) is 0 Å². The molecule has 21 heavy (non-hydrogen) atoms. The summed E-state index contributed by atoms with van der Waals surface area (Å²) in [5.74, 6) is 0. The van der Waals surface area contributed by atoms with Gasteiger partial charge in [0.05, 0.1) is 12.7 Å². The van der Waals surface area contributed by atoms with Crippen LogP contribution in [-0.4, -0.2) is 17.3 Å². The second-order valence-electron chi connectivity index (χ2n) is 5.09. The van der Waals surface area contributed by atoms with E-state index in [2.05, 4.69) is 18.7 Å². The van der Waals surface area contributed by atoms with Gasteiger partial charge in [-0.1, -0.05) is 66.7 Å². The molecule has 0 fully saturated rings. The molecule has 0 aromatic heterocycles. The third kappa shape index (κ3) is 5.18. The molecule has 2 rings (SSSR count). The number of hydrogen-bond acceptors (Lipinski definition) is 2. The minimum Gasteiger partial charge on any atom is -0.390 e. The van der Waals surface area contributed by atoms with E-state index in [1.165, 1.54) is 5.56 Å². The van der Waals surface area contributed by atoms with Crippen LogP contribution in [0.4, 0.5) is 0 Å². The highest BCUT2D eigenvalue weighted by Gasteiger charge is 2.16. The van der Waals surface area contributed by atoms with Crippen molar-refractivity contribution in [3.8, 4) is 0 Å². The van der Waals surface area contributed by atoms with Crippen molar-refractivity contribution in [3.05, 3.63) is 84.4 Å². The highest BCUT2D eigenvalue weighted by molar-refractivity contribution is 5.15. The lowest BCUT2D eigenvalue weighted by Crippen LogP contribution is -2.27. The van der Waals surface area contributed by atoms with Crippen molar-refractivity contribution in [3.63, 3.8) is 0 Å². The Morgan fingerprint density at radius 2 is 1.52 bits per heavy atom. The lowest BCUT2D eigenvalue weighted by molar-refractivity contribution is -0.0212. The summed E-state index contributed by atoms with van der Waals surface area (Å²) in [6, 6.07) is 20.1. The SMILES string of the molecule is C=C[C@H](OCc1ccccc1)[C@@H](O)CCc1ccccc1. The van der Waals surface area contributed by atoms with Gasteiger partial charge < -0.3 is 9.84 Å². The zero-order valence-corrected chi connectivity index (χ0v) is 12.2. The van der Waals surface area contributed by atoms with E-state index in [4.69, 9.17) is 4.74 Å². The molecular formula is C19H22O2. The summed E-state index contributed by atoms with van der Waals surface area (Å²) in [6.45, 7) is 4.25. The van der Waals surface area contributed by atoms with Crippen molar-refractivity contribution in [2.45, 2.75) is 31.7 Å². The second kappa shape index (κ2) is 8.40. The largest absolute Gasteiger partial charge is 0.390 e. The molecule has 0 unspecified atom stereocenters. The van der Waals surface area contributed by atoms with E-state index in [0.29, 0.717) is 13.0 Å². The van der Waals surface area contributed by atoms with E-state index in [9.17, 15) is 5.11 Å². The monoisotopic (exact) mass is 282 g/mol. The van der Waals surface area contributed by atoms with E-state index >= 15 is 0 Å². The topological polar surface area (TPSA) is 29.5 Å². The summed E-state index contributed by atoms with van der Waals surface area (Å²) in [7, 11) is 0. The normalized spacial score (nSPS) is 13.6. The van der Waals surface area contributed by atoms with Crippen molar-refractivity contribution < 1.29 is 9.84 Å². The fourth-order valence-electron chi connectivity index (χ4n) is 2.23. The van der Waals surface area contributed by atoms with E-state index in [1.807, 2.05) is 48.5 Å². The van der Waals surface area contributed by atoms with Crippen molar-refractivity contribution in [1.82, 2.24) is 0 Å². The summed E-state index contributed by atoms with van der Waals surface area (Å²) in [4.78, 5) is 0. The molecule has 0 aliphatic heterocycles. The van der Waals surface area contributed by atoms with Crippen LogP contribution in [0.3, 0.4) is 0 Å². The number of aliphatic hydroxyl groups is 1. The molecule has 2 heteroatoms. The van der Waals surface area contributed by atoms with Crippen molar-refractivity contribution >= 4 is 0 Å². The first-order valence-electron chi connectivity index (χ1n) is 7.29. The van der Waals surface area contributed by atoms with Crippen LogP contribution in [0.25, 0.3) is 0 Å². The molecule has 0 bridgehead atoms. The molecule has 0 heterocycles. The Labute approximate surface area is 126 Å². The first-order chi connectivity index (χ1) is 10.3. The molecule has 110 valence electrons. The van der Waals surface area contributed by atoms with E-state index < -0.39 is 6.10 Å². The summed E-state index contributed by atoms with van der Waals surface area (Å²) >= 11 is 0. The Balaban J connectivity index is 1.81. The van der Waals surface area contributed by atoms with Gasteiger partial charge >= 0.3 is 0 Å². The summed E-state index contributed by atoms with van der Waals surface area (Å²) in [5.41, 5.74) is 2.32. The van der Waals surface area contributed by atoms with Gasteiger partial charge in [-0.15, -0.1) is 6.58 Å². The third-order valence-corrected chi connectivity index (χ3v) is 3.47. The average molecular weight is 282 g/mol. The fourth-order valence-corrected chi connectivity index (χ4v) is 2.23. The van der Waals surface area contributed by atoms with E-state index in [0.717, 1.165) is 12.0 Å². The van der Waals surface area contributed by atoms with Gasteiger partial charge in [-0.25, -0.2) is 0 Å². The van der Waals surface area contributed by atoms with Gasteiger partial charge in [-0.05, 0) is 24.0 Å². The van der Waals surface area contributed by atoms with E-state index in [-0.39, 0.29) is 6.10 Å². The number of aryl methyl sites for hydroxylation is 1. The highest BCUT2D eigenvalue weighted by Crippen LogP contribution is 2.12. The molecule has 0 saturated heterocycles. The van der Waals surface area contributed by atoms with Crippen LogP contribution >= 0.6 is 0 Å². The zero-order chi connectivity index (χ0) is 14.9. The summed E-state index contributed by atoms with van der Waals surface area (Å²) < 4.78 is 5.76.